The summed E-state index contributed by atoms with van der Waals surface area (Å²) >= 11 is 0. The van der Waals surface area contributed by atoms with Gasteiger partial charge in [-0.3, -0.25) is 4.79 Å². The first-order chi connectivity index (χ1) is 10.7. The van der Waals surface area contributed by atoms with Crippen LogP contribution in [0.4, 0.5) is 0 Å². The van der Waals surface area contributed by atoms with E-state index in [1.54, 1.807) is 18.2 Å². The van der Waals surface area contributed by atoms with Crippen molar-refractivity contribution in [3.8, 4) is 11.5 Å². The monoisotopic (exact) mass is 302 g/mol. The fraction of sp³-hybridized carbons (Fsp3) is 0.400. The fourth-order valence-electron chi connectivity index (χ4n) is 2.37. The zero-order valence-electron chi connectivity index (χ0n) is 12.6. The SMILES string of the molecule is CCCn1ncnc1[C@@H](C)NC(=O)c1ccc2c(c1)OCO2. The molecule has 0 unspecified atom stereocenters. The summed E-state index contributed by atoms with van der Waals surface area (Å²) in [5, 5.41) is 7.10. The third-order valence-corrected chi connectivity index (χ3v) is 3.45. The van der Waals surface area contributed by atoms with Gasteiger partial charge >= 0.3 is 0 Å². The van der Waals surface area contributed by atoms with Crippen molar-refractivity contribution in [3.63, 3.8) is 0 Å². The molecular weight excluding hydrogens is 284 g/mol. The van der Waals surface area contributed by atoms with Crippen molar-refractivity contribution < 1.29 is 14.3 Å². The van der Waals surface area contributed by atoms with Crippen molar-refractivity contribution >= 4 is 5.91 Å². The minimum atomic E-state index is -0.230. The van der Waals surface area contributed by atoms with Gasteiger partial charge in [-0.05, 0) is 31.5 Å². The maximum Gasteiger partial charge on any atom is 0.252 e. The van der Waals surface area contributed by atoms with E-state index >= 15 is 0 Å². The molecule has 7 nitrogen and oxygen atoms in total. The Morgan fingerprint density at radius 2 is 2.23 bits per heavy atom. The summed E-state index contributed by atoms with van der Waals surface area (Å²) in [6.45, 7) is 4.93. The Kier molecular flexibility index (Phi) is 3.95. The van der Waals surface area contributed by atoms with Crippen LogP contribution < -0.4 is 14.8 Å². The molecule has 0 spiro atoms. The topological polar surface area (TPSA) is 78.3 Å². The standard InChI is InChI=1S/C15H18N4O3/c1-3-6-19-14(16-8-17-19)10(2)18-15(20)11-4-5-12-13(7-11)22-9-21-12/h4-5,7-8,10H,3,6,9H2,1-2H3,(H,18,20)/t10-/m1/s1. The Morgan fingerprint density at radius 3 is 3.05 bits per heavy atom. The predicted molar refractivity (Wildman–Crippen MR) is 78.8 cm³/mol. The lowest BCUT2D eigenvalue weighted by Crippen LogP contribution is -2.29. The van der Waals surface area contributed by atoms with Crippen LogP contribution in [0.1, 0.15) is 42.5 Å². The number of aryl methyl sites for hydroxylation is 1. The minimum Gasteiger partial charge on any atom is -0.454 e. The van der Waals surface area contributed by atoms with Crippen LogP contribution in [-0.4, -0.2) is 27.5 Å². The van der Waals surface area contributed by atoms with Gasteiger partial charge in [0.15, 0.2) is 11.5 Å². The van der Waals surface area contributed by atoms with Crippen molar-refractivity contribution in [1.29, 1.82) is 0 Å². The Labute approximate surface area is 128 Å². The van der Waals surface area contributed by atoms with Crippen LogP contribution >= 0.6 is 0 Å². The molecule has 1 aromatic heterocycles. The van der Waals surface area contributed by atoms with Gasteiger partial charge in [-0.1, -0.05) is 6.92 Å². The van der Waals surface area contributed by atoms with E-state index in [4.69, 9.17) is 9.47 Å². The molecule has 22 heavy (non-hydrogen) atoms. The molecule has 1 atom stereocenters. The first-order valence-electron chi connectivity index (χ1n) is 7.27. The summed E-state index contributed by atoms with van der Waals surface area (Å²) in [6.07, 6.45) is 2.47. The third-order valence-electron chi connectivity index (χ3n) is 3.45. The zero-order valence-corrected chi connectivity index (χ0v) is 12.6. The zero-order chi connectivity index (χ0) is 15.5. The molecule has 3 rings (SSSR count). The lowest BCUT2D eigenvalue weighted by molar-refractivity contribution is 0.0937. The highest BCUT2D eigenvalue weighted by Gasteiger charge is 2.19. The molecule has 1 N–H and O–H groups in total. The number of amides is 1. The number of hydrogen-bond acceptors (Lipinski definition) is 5. The van der Waals surface area contributed by atoms with E-state index in [-0.39, 0.29) is 18.7 Å². The number of rotatable bonds is 5. The Balaban J connectivity index is 1.72. The summed E-state index contributed by atoms with van der Waals surface area (Å²) in [5.41, 5.74) is 0.526. The number of benzene rings is 1. The molecule has 1 aromatic carbocycles. The summed E-state index contributed by atoms with van der Waals surface area (Å²) in [6, 6.07) is 4.90. The molecule has 1 amide bonds. The number of carbonyl (C=O) groups excluding carboxylic acids is 1. The van der Waals surface area contributed by atoms with Gasteiger partial charge in [-0.15, -0.1) is 0 Å². The average Bonchev–Trinajstić information content (AvgIpc) is 3.15. The number of aromatic nitrogens is 3. The molecular formula is C15H18N4O3. The molecule has 0 saturated heterocycles. The van der Waals surface area contributed by atoms with Crippen LogP contribution in [0.25, 0.3) is 0 Å². The summed E-state index contributed by atoms with van der Waals surface area (Å²) in [4.78, 5) is 16.6. The van der Waals surface area contributed by atoms with Crippen molar-refractivity contribution in [3.05, 3.63) is 35.9 Å². The van der Waals surface area contributed by atoms with Gasteiger partial charge in [0, 0.05) is 12.1 Å². The largest absolute Gasteiger partial charge is 0.454 e. The van der Waals surface area contributed by atoms with Crippen LogP contribution in [0, 0.1) is 0 Å². The lowest BCUT2D eigenvalue weighted by atomic mass is 10.1. The number of nitrogens with one attached hydrogen (secondary N) is 1. The molecule has 0 bridgehead atoms. The number of ether oxygens (including phenoxy) is 2. The maximum atomic E-state index is 12.4. The van der Waals surface area contributed by atoms with Crippen LogP contribution in [0.5, 0.6) is 11.5 Å². The van der Waals surface area contributed by atoms with Gasteiger partial charge < -0.3 is 14.8 Å². The predicted octanol–water partition coefficient (Wildman–Crippen LogP) is 1.91. The minimum absolute atomic E-state index is 0.183. The number of fused-ring (bicyclic) bond motifs is 1. The molecule has 0 radical (unpaired) electrons. The van der Waals surface area contributed by atoms with E-state index in [9.17, 15) is 4.79 Å². The van der Waals surface area contributed by atoms with Gasteiger partial charge in [0.25, 0.3) is 5.91 Å². The van der Waals surface area contributed by atoms with E-state index in [1.807, 2.05) is 11.6 Å². The second kappa shape index (κ2) is 6.05. The van der Waals surface area contributed by atoms with E-state index in [1.165, 1.54) is 6.33 Å². The molecule has 7 heteroatoms. The summed E-state index contributed by atoms with van der Waals surface area (Å²) in [7, 11) is 0. The van der Waals surface area contributed by atoms with Gasteiger partial charge in [0.05, 0.1) is 6.04 Å². The van der Waals surface area contributed by atoms with Crippen molar-refractivity contribution in [1.82, 2.24) is 20.1 Å². The first-order valence-corrected chi connectivity index (χ1v) is 7.27. The van der Waals surface area contributed by atoms with Crippen LogP contribution in [-0.2, 0) is 6.54 Å². The number of nitrogens with zero attached hydrogens (tertiary/aromatic N) is 3. The normalized spacial score (nSPS) is 13.9. The highest BCUT2D eigenvalue weighted by atomic mass is 16.7. The molecule has 2 heterocycles. The van der Waals surface area contributed by atoms with Crippen LogP contribution in [0.2, 0.25) is 0 Å². The fourth-order valence-corrected chi connectivity index (χ4v) is 2.37. The lowest BCUT2D eigenvalue weighted by Gasteiger charge is -2.14. The van der Waals surface area contributed by atoms with Crippen LogP contribution in [0.3, 0.4) is 0 Å². The van der Waals surface area contributed by atoms with Crippen molar-refractivity contribution in [2.24, 2.45) is 0 Å². The molecule has 0 fully saturated rings. The van der Waals surface area contributed by atoms with E-state index in [2.05, 4.69) is 22.3 Å². The van der Waals surface area contributed by atoms with Crippen molar-refractivity contribution in [2.75, 3.05) is 6.79 Å². The smallest absolute Gasteiger partial charge is 0.252 e. The van der Waals surface area contributed by atoms with E-state index in [0.29, 0.717) is 17.1 Å². The Bertz CT molecular complexity index is 683. The van der Waals surface area contributed by atoms with Gasteiger partial charge in [-0.2, -0.15) is 5.10 Å². The molecule has 116 valence electrons. The Hall–Kier alpha value is -2.57. The summed E-state index contributed by atoms with van der Waals surface area (Å²) < 4.78 is 12.3. The quantitative estimate of drug-likeness (QED) is 0.912. The molecule has 2 aromatic rings. The molecule has 1 aliphatic rings. The molecule has 0 saturated carbocycles. The number of carbonyl (C=O) groups is 1. The molecule has 0 aliphatic carbocycles. The molecule has 1 aliphatic heterocycles. The second-order valence-corrected chi connectivity index (χ2v) is 5.10. The van der Waals surface area contributed by atoms with Gasteiger partial charge in [-0.25, -0.2) is 9.67 Å². The van der Waals surface area contributed by atoms with E-state index in [0.717, 1.165) is 18.8 Å². The van der Waals surface area contributed by atoms with Gasteiger partial charge in [0.1, 0.15) is 12.2 Å². The summed E-state index contributed by atoms with van der Waals surface area (Å²) in [5.74, 6) is 1.81. The number of hydrogen-bond donors (Lipinski definition) is 1. The Morgan fingerprint density at radius 1 is 1.41 bits per heavy atom. The highest BCUT2D eigenvalue weighted by molar-refractivity contribution is 5.95. The van der Waals surface area contributed by atoms with Crippen LogP contribution in [0.15, 0.2) is 24.5 Å². The second-order valence-electron chi connectivity index (χ2n) is 5.10. The third kappa shape index (κ3) is 2.74. The van der Waals surface area contributed by atoms with Crippen molar-refractivity contribution in [2.45, 2.75) is 32.9 Å². The first kappa shape index (κ1) is 14.4. The average molecular weight is 302 g/mol. The highest BCUT2D eigenvalue weighted by Crippen LogP contribution is 2.32. The van der Waals surface area contributed by atoms with Gasteiger partial charge in [0.2, 0.25) is 6.79 Å². The maximum absolute atomic E-state index is 12.4. The van der Waals surface area contributed by atoms with E-state index < -0.39 is 0 Å².